The van der Waals surface area contributed by atoms with Gasteiger partial charge in [0.1, 0.15) is 0 Å². The minimum atomic E-state index is -4.47. The quantitative estimate of drug-likeness (QED) is 0.761. The molecule has 0 aromatic heterocycles. The predicted octanol–water partition coefficient (Wildman–Crippen LogP) is 3.58. The molecule has 0 saturated carbocycles. The fourth-order valence-corrected chi connectivity index (χ4v) is 4.34. The zero-order chi connectivity index (χ0) is 22.6. The highest BCUT2D eigenvalue weighted by atomic mass is 19.4. The zero-order valence-electron chi connectivity index (χ0n) is 18.2. The lowest BCUT2D eigenvalue weighted by Crippen LogP contribution is -2.46. The number of carbonyl (C=O) groups excluding carboxylic acids is 2. The van der Waals surface area contributed by atoms with E-state index in [9.17, 15) is 22.8 Å². The van der Waals surface area contributed by atoms with Crippen molar-refractivity contribution in [3.8, 4) is 0 Å². The molecule has 2 saturated heterocycles. The van der Waals surface area contributed by atoms with E-state index >= 15 is 0 Å². The van der Waals surface area contributed by atoms with Crippen LogP contribution in [0.1, 0.15) is 44.6 Å². The van der Waals surface area contributed by atoms with Crippen LogP contribution in [0.15, 0.2) is 18.2 Å². The van der Waals surface area contributed by atoms with Crippen LogP contribution in [-0.4, -0.2) is 67.4 Å². The molecule has 9 heteroatoms. The van der Waals surface area contributed by atoms with Crippen molar-refractivity contribution >= 4 is 23.2 Å². The molecule has 0 aliphatic carbocycles. The standard InChI is InChI=1S/C22H31F3N4O2/c1-16(30)27(2)18-8-12-28(13-9-18)15-21(31)26-19-14-17(22(23,24)25)6-7-20(19)29-10-4-3-5-11-29/h6-7,14,18H,3-5,8-13,15H2,1-2H3,(H,26,31). The second-order valence-corrected chi connectivity index (χ2v) is 8.46. The fraction of sp³-hybridized carbons (Fsp3) is 0.636. The molecule has 0 bridgehead atoms. The number of hydrogen-bond donors (Lipinski definition) is 1. The molecule has 0 radical (unpaired) electrons. The maximum Gasteiger partial charge on any atom is 0.416 e. The predicted molar refractivity (Wildman–Crippen MR) is 114 cm³/mol. The first-order chi connectivity index (χ1) is 14.6. The molecule has 1 aromatic rings. The van der Waals surface area contributed by atoms with Gasteiger partial charge in [0, 0.05) is 46.2 Å². The highest BCUT2D eigenvalue weighted by Gasteiger charge is 2.32. The Kier molecular flexibility index (Phi) is 7.46. The van der Waals surface area contributed by atoms with Crippen molar-refractivity contribution in [2.45, 2.75) is 51.2 Å². The van der Waals surface area contributed by atoms with Crippen LogP contribution in [0.4, 0.5) is 24.5 Å². The first kappa shape index (κ1) is 23.4. The average Bonchev–Trinajstić information content (AvgIpc) is 2.73. The van der Waals surface area contributed by atoms with Gasteiger partial charge in [-0.25, -0.2) is 0 Å². The molecule has 0 atom stereocenters. The van der Waals surface area contributed by atoms with Crippen molar-refractivity contribution in [3.63, 3.8) is 0 Å². The van der Waals surface area contributed by atoms with Crippen molar-refractivity contribution in [3.05, 3.63) is 23.8 Å². The van der Waals surface area contributed by atoms with Crippen LogP contribution >= 0.6 is 0 Å². The number of alkyl halides is 3. The Hall–Kier alpha value is -2.29. The Morgan fingerprint density at radius 2 is 1.74 bits per heavy atom. The van der Waals surface area contributed by atoms with Gasteiger partial charge in [0.05, 0.1) is 23.5 Å². The van der Waals surface area contributed by atoms with Gasteiger partial charge >= 0.3 is 6.18 Å². The summed E-state index contributed by atoms with van der Waals surface area (Å²) in [5.74, 6) is -0.304. The zero-order valence-corrected chi connectivity index (χ0v) is 18.2. The number of likely N-dealkylation sites (tertiary alicyclic amines) is 1. The minimum Gasteiger partial charge on any atom is -0.370 e. The lowest BCUT2D eigenvalue weighted by molar-refractivity contribution is -0.137. The highest BCUT2D eigenvalue weighted by Crippen LogP contribution is 2.36. The smallest absolute Gasteiger partial charge is 0.370 e. The molecule has 2 fully saturated rings. The summed E-state index contributed by atoms with van der Waals surface area (Å²) in [6, 6.07) is 3.74. The number of carbonyl (C=O) groups is 2. The third kappa shape index (κ3) is 6.12. The summed E-state index contributed by atoms with van der Waals surface area (Å²) in [5, 5.41) is 2.73. The molecule has 0 spiro atoms. The summed E-state index contributed by atoms with van der Waals surface area (Å²) in [6.45, 7) is 4.52. The second kappa shape index (κ2) is 9.89. The summed E-state index contributed by atoms with van der Waals surface area (Å²) in [7, 11) is 1.78. The molecular weight excluding hydrogens is 409 g/mol. The molecule has 2 amide bonds. The van der Waals surface area contributed by atoms with Crippen LogP contribution in [0.5, 0.6) is 0 Å². The molecule has 172 valence electrons. The number of nitrogens with zero attached hydrogens (tertiary/aromatic N) is 3. The molecule has 1 N–H and O–H groups in total. The van der Waals surface area contributed by atoms with Gasteiger partial charge in [-0.1, -0.05) is 0 Å². The Morgan fingerprint density at radius 3 is 2.32 bits per heavy atom. The molecular formula is C22H31F3N4O2. The molecule has 2 heterocycles. The summed E-state index contributed by atoms with van der Waals surface area (Å²) < 4.78 is 39.7. The van der Waals surface area contributed by atoms with Crippen LogP contribution in [-0.2, 0) is 15.8 Å². The summed E-state index contributed by atoms with van der Waals surface area (Å²) in [4.78, 5) is 30.0. The Bertz CT molecular complexity index is 785. The van der Waals surface area contributed by atoms with E-state index in [4.69, 9.17) is 0 Å². The summed E-state index contributed by atoms with van der Waals surface area (Å²) >= 11 is 0. The van der Waals surface area contributed by atoms with E-state index in [1.807, 2.05) is 9.80 Å². The van der Waals surface area contributed by atoms with Crippen LogP contribution in [0.3, 0.4) is 0 Å². The lowest BCUT2D eigenvalue weighted by Gasteiger charge is -2.36. The fourth-order valence-electron chi connectivity index (χ4n) is 4.34. The van der Waals surface area contributed by atoms with Gasteiger partial charge in [0.2, 0.25) is 11.8 Å². The largest absolute Gasteiger partial charge is 0.416 e. The Morgan fingerprint density at radius 1 is 1.10 bits per heavy atom. The number of hydrogen-bond acceptors (Lipinski definition) is 4. The minimum absolute atomic E-state index is 0.0194. The maximum absolute atomic E-state index is 13.2. The van der Waals surface area contributed by atoms with Gasteiger partial charge in [-0.3, -0.25) is 14.5 Å². The van der Waals surface area contributed by atoms with E-state index in [1.165, 1.54) is 13.0 Å². The number of nitrogens with one attached hydrogen (secondary N) is 1. The molecule has 3 rings (SSSR count). The number of halogens is 3. The normalized spacial score (nSPS) is 18.7. The lowest BCUT2D eigenvalue weighted by atomic mass is 10.0. The third-order valence-electron chi connectivity index (χ3n) is 6.26. The van der Waals surface area contributed by atoms with Gasteiger partial charge in [-0.15, -0.1) is 0 Å². The van der Waals surface area contributed by atoms with Crippen molar-refractivity contribution < 1.29 is 22.8 Å². The number of amides is 2. The SMILES string of the molecule is CC(=O)N(C)C1CCN(CC(=O)Nc2cc(C(F)(F)F)ccc2N2CCCCC2)CC1. The topological polar surface area (TPSA) is 55.9 Å². The molecule has 1 aromatic carbocycles. The highest BCUT2D eigenvalue weighted by molar-refractivity contribution is 5.95. The first-order valence-corrected chi connectivity index (χ1v) is 10.9. The van der Waals surface area contributed by atoms with Crippen molar-refractivity contribution in [1.82, 2.24) is 9.80 Å². The van der Waals surface area contributed by atoms with Gasteiger partial charge in [0.25, 0.3) is 0 Å². The number of rotatable bonds is 5. The van der Waals surface area contributed by atoms with E-state index < -0.39 is 11.7 Å². The van der Waals surface area contributed by atoms with Crippen molar-refractivity contribution in [2.75, 3.05) is 50.0 Å². The van der Waals surface area contributed by atoms with Crippen LogP contribution < -0.4 is 10.2 Å². The Balaban J connectivity index is 1.66. The number of anilines is 2. The van der Waals surface area contributed by atoms with Gasteiger partial charge in [-0.2, -0.15) is 13.2 Å². The summed E-state index contributed by atoms with van der Waals surface area (Å²) in [6.07, 6.45) is 0.145. The number of benzene rings is 1. The molecule has 2 aliphatic heterocycles. The van der Waals surface area contributed by atoms with Gasteiger partial charge < -0.3 is 15.1 Å². The van der Waals surface area contributed by atoms with Gasteiger partial charge in [-0.05, 0) is 50.3 Å². The molecule has 31 heavy (non-hydrogen) atoms. The molecule has 0 unspecified atom stereocenters. The maximum atomic E-state index is 13.2. The van der Waals surface area contributed by atoms with E-state index in [-0.39, 0.29) is 30.1 Å². The molecule has 2 aliphatic rings. The van der Waals surface area contributed by atoms with E-state index in [2.05, 4.69) is 5.32 Å². The first-order valence-electron chi connectivity index (χ1n) is 10.9. The van der Waals surface area contributed by atoms with Crippen molar-refractivity contribution in [2.24, 2.45) is 0 Å². The second-order valence-electron chi connectivity index (χ2n) is 8.46. The van der Waals surface area contributed by atoms with Crippen LogP contribution in [0, 0.1) is 0 Å². The van der Waals surface area contributed by atoms with Crippen LogP contribution in [0.2, 0.25) is 0 Å². The van der Waals surface area contributed by atoms with Gasteiger partial charge in [0.15, 0.2) is 0 Å². The third-order valence-corrected chi connectivity index (χ3v) is 6.26. The van der Waals surface area contributed by atoms with E-state index in [0.717, 1.165) is 57.3 Å². The van der Waals surface area contributed by atoms with E-state index in [0.29, 0.717) is 18.8 Å². The number of piperidine rings is 2. The Labute approximate surface area is 181 Å². The van der Waals surface area contributed by atoms with Crippen molar-refractivity contribution in [1.29, 1.82) is 0 Å². The summed E-state index contributed by atoms with van der Waals surface area (Å²) in [5.41, 5.74) is 0.0902. The molecule has 6 nitrogen and oxygen atoms in total. The monoisotopic (exact) mass is 440 g/mol. The average molecular weight is 441 g/mol. The van der Waals surface area contributed by atoms with E-state index in [1.54, 1.807) is 11.9 Å². The van der Waals surface area contributed by atoms with Crippen LogP contribution in [0.25, 0.3) is 0 Å².